The lowest BCUT2D eigenvalue weighted by Gasteiger charge is -2.07. The van der Waals surface area contributed by atoms with Crippen molar-refractivity contribution in [2.24, 2.45) is 5.10 Å². The van der Waals surface area contributed by atoms with Crippen molar-refractivity contribution >= 4 is 34.7 Å². The van der Waals surface area contributed by atoms with Gasteiger partial charge in [0, 0.05) is 17.3 Å². The standard InChI is InChI=1S/C15H12Cl2FN3O/c1-7-4-11(14-12(22)3-2-10(18)13(7)14)20-21-15-9(17)5-8(16)6-19-15/h2-3,5-7,22H,4H2,1H3,(H,19,21)/b20-11+/t7-/m1/s1. The minimum Gasteiger partial charge on any atom is -0.507 e. The fraction of sp³-hybridized carbons (Fsp3) is 0.200. The first-order valence-electron chi connectivity index (χ1n) is 6.62. The van der Waals surface area contributed by atoms with Crippen LogP contribution in [-0.4, -0.2) is 15.8 Å². The predicted molar refractivity (Wildman–Crippen MR) is 85.5 cm³/mol. The number of phenols is 1. The number of phenolic OH excluding ortho intramolecular Hbond substituents is 1. The van der Waals surface area contributed by atoms with Crippen LogP contribution in [0.4, 0.5) is 10.2 Å². The Morgan fingerprint density at radius 2 is 2.18 bits per heavy atom. The Balaban J connectivity index is 1.96. The van der Waals surface area contributed by atoms with Crippen LogP contribution in [0.25, 0.3) is 0 Å². The van der Waals surface area contributed by atoms with Gasteiger partial charge < -0.3 is 5.11 Å². The van der Waals surface area contributed by atoms with Crippen LogP contribution in [0.3, 0.4) is 0 Å². The number of pyridine rings is 1. The molecule has 3 rings (SSSR count). The van der Waals surface area contributed by atoms with Crippen molar-refractivity contribution in [2.75, 3.05) is 5.43 Å². The van der Waals surface area contributed by atoms with Crippen LogP contribution < -0.4 is 5.43 Å². The van der Waals surface area contributed by atoms with E-state index in [0.29, 0.717) is 39.1 Å². The van der Waals surface area contributed by atoms with Gasteiger partial charge in [-0.05, 0) is 30.5 Å². The zero-order chi connectivity index (χ0) is 15.9. The summed E-state index contributed by atoms with van der Waals surface area (Å²) in [5, 5.41) is 15.0. The number of fused-ring (bicyclic) bond motifs is 1. The van der Waals surface area contributed by atoms with Crippen molar-refractivity contribution in [3.8, 4) is 5.75 Å². The number of hydrogen-bond acceptors (Lipinski definition) is 4. The van der Waals surface area contributed by atoms with Crippen molar-refractivity contribution in [1.82, 2.24) is 4.98 Å². The van der Waals surface area contributed by atoms with Gasteiger partial charge in [0.15, 0.2) is 5.82 Å². The maximum absolute atomic E-state index is 13.9. The van der Waals surface area contributed by atoms with Gasteiger partial charge in [-0.25, -0.2) is 9.37 Å². The molecule has 114 valence electrons. The normalized spacial score (nSPS) is 18.5. The van der Waals surface area contributed by atoms with Gasteiger partial charge in [0.1, 0.15) is 11.6 Å². The second kappa shape index (κ2) is 5.74. The number of halogens is 3. The van der Waals surface area contributed by atoms with Crippen molar-refractivity contribution in [3.05, 3.63) is 51.4 Å². The Morgan fingerprint density at radius 3 is 2.91 bits per heavy atom. The van der Waals surface area contributed by atoms with Crippen LogP contribution in [0.15, 0.2) is 29.5 Å². The molecule has 2 N–H and O–H groups in total. The van der Waals surface area contributed by atoms with Gasteiger partial charge in [-0.2, -0.15) is 5.10 Å². The summed E-state index contributed by atoms with van der Waals surface area (Å²) < 4.78 is 13.9. The van der Waals surface area contributed by atoms with E-state index in [1.807, 2.05) is 6.92 Å². The molecule has 0 bridgehead atoms. The SMILES string of the molecule is C[C@@H]1C/C(=N\Nc2ncc(Cl)cc2Cl)c2c(O)ccc(F)c21. The van der Waals surface area contributed by atoms with E-state index in [4.69, 9.17) is 23.2 Å². The van der Waals surface area contributed by atoms with Gasteiger partial charge in [0.05, 0.1) is 15.8 Å². The molecule has 0 unspecified atom stereocenters. The van der Waals surface area contributed by atoms with Crippen LogP contribution >= 0.6 is 23.2 Å². The second-order valence-electron chi connectivity index (χ2n) is 5.11. The van der Waals surface area contributed by atoms with Gasteiger partial charge >= 0.3 is 0 Å². The molecule has 1 aliphatic rings. The van der Waals surface area contributed by atoms with Gasteiger partial charge in [0.2, 0.25) is 0 Å². The smallest absolute Gasteiger partial charge is 0.165 e. The molecule has 0 amide bonds. The summed E-state index contributed by atoms with van der Waals surface area (Å²) in [7, 11) is 0. The summed E-state index contributed by atoms with van der Waals surface area (Å²) in [6.45, 7) is 1.89. The number of anilines is 1. The molecule has 1 aromatic heterocycles. The number of nitrogens with zero attached hydrogens (tertiary/aromatic N) is 2. The number of nitrogens with one attached hydrogen (secondary N) is 1. The largest absolute Gasteiger partial charge is 0.507 e. The van der Waals surface area contributed by atoms with Crippen molar-refractivity contribution < 1.29 is 9.50 Å². The Labute approximate surface area is 136 Å². The van der Waals surface area contributed by atoms with Crippen LogP contribution in [0.2, 0.25) is 10.0 Å². The minimum absolute atomic E-state index is 0.0106. The quantitative estimate of drug-likeness (QED) is 0.788. The van der Waals surface area contributed by atoms with Gasteiger partial charge in [-0.1, -0.05) is 30.1 Å². The average molecular weight is 340 g/mol. The Bertz CT molecular complexity index is 780. The zero-order valence-electron chi connectivity index (χ0n) is 11.6. The molecule has 22 heavy (non-hydrogen) atoms. The third kappa shape index (κ3) is 2.62. The molecular formula is C15H12Cl2FN3O. The molecule has 0 spiro atoms. The lowest BCUT2D eigenvalue weighted by Crippen LogP contribution is -2.02. The summed E-state index contributed by atoms with van der Waals surface area (Å²) in [5.74, 6) is -0.0449. The van der Waals surface area contributed by atoms with Crippen molar-refractivity contribution in [1.29, 1.82) is 0 Å². The summed E-state index contributed by atoms with van der Waals surface area (Å²) in [6.07, 6.45) is 1.96. The molecule has 4 nitrogen and oxygen atoms in total. The van der Waals surface area contributed by atoms with E-state index >= 15 is 0 Å². The molecule has 1 atom stereocenters. The molecule has 0 saturated heterocycles. The van der Waals surface area contributed by atoms with Crippen LogP contribution in [0.1, 0.15) is 30.4 Å². The molecule has 2 aromatic rings. The second-order valence-corrected chi connectivity index (χ2v) is 5.96. The third-order valence-electron chi connectivity index (χ3n) is 3.56. The van der Waals surface area contributed by atoms with Gasteiger partial charge in [-0.3, -0.25) is 5.43 Å². The Morgan fingerprint density at radius 1 is 1.41 bits per heavy atom. The van der Waals surface area contributed by atoms with E-state index < -0.39 is 0 Å². The topological polar surface area (TPSA) is 57.5 Å². The number of benzene rings is 1. The number of hydrogen-bond donors (Lipinski definition) is 2. The molecular weight excluding hydrogens is 328 g/mol. The van der Waals surface area contributed by atoms with Crippen molar-refractivity contribution in [3.63, 3.8) is 0 Å². The van der Waals surface area contributed by atoms with E-state index in [9.17, 15) is 9.50 Å². The van der Waals surface area contributed by atoms with E-state index in [-0.39, 0.29) is 17.5 Å². The highest BCUT2D eigenvalue weighted by Crippen LogP contribution is 2.39. The van der Waals surface area contributed by atoms with Crippen LogP contribution in [-0.2, 0) is 0 Å². The van der Waals surface area contributed by atoms with E-state index in [0.717, 1.165) is 0 Å². The molecule has 1 heterocycles. The van der Waals surface area contributed by atoms with E-state index in [1.165, 1.54) is 18.3 Å². The number of aromatic nitrogens is 1. The van der Waals surface area contributed by atoms with E-state index in [2.05, 4.69) is 15.5 Å². The molecule has 0 aliphatic heterocycles. The average Bonchev–Trinajstić information content (AvgIpc) is 2.80. The summed E-state index contributed by atoms with van der Waals surface area (Å²) in [5.41, 5.74) is 4.22. The third-order valence-corrected chi connectivity index (χ3v) is 4.05. The highest BCUT2D eigenvalue weighted by molar-refractivity contribution is 6.35. The Hall–Kier alpha value is -1.85. The number of hydrazone groups is 1. The van der Waals surface area contributed by atoms with Gasteiger partial charge in [-0.15, -0.1) is 0 Å². The predicted octanol–water partition coefficient (Wildman–Crippen LogP) is 4.56. The minimum atomic E-state index is -0.340. The van der Waals surface area contributed by atoms with E-state index in [1.54, 1.807) is 6.07 Å². The number of aromatic hydroxyl groups is 1. The molecule has 1 aliphatic carbocycles. The van der Waals surface area contributed by atoms with Crippen molar-refractivity contribution in [2.45, 2.75) is 19.3 Å². The molecule has 0 saturated carbocycles. The first-order valence-corrected chi connectivity index (χ1v) is 7.38. The fourth-order valence-electron chi connectivity index (χ4n) is 2.58. The molecule has 0 fully saturated rings. The lowest BCUT2D eigenvalue weighted by molar-refractivity contribution is 0.470. The lowest BCUT2D eigenvalue weighted by atomic mass is 10.0. The van der Waals surface area contributed by atoms with Crippen LogP contribution in [0, 0.1) is 5.82 Å². The van der Waals surface area contributed by atoms with Crippen LogP contribution in [0.5, 0.6) is 5.75 Å². The monoisotopic (exact) mass is 339 g/mol. The highest BCUT2D eigenvalue weighted by Gasteiger charge is 2.30. The zero-order valence-corrected chi connectivity index (χ0v) is 13.1. The molecule has 1 aromatic carbocycles. The summed E-state index contributed by atoms with van der Waals surface area (Å²) in [4.78, 5) is 4.04. The maximum Gasteiger partial charge on any atom is 0.165 e. The molecule has 0 radical (unpaired) electrons. The first kappa shape index (κ1) is 15.1. The highest BCUT2D eigenvalue weighted by atomic mass is 35.5. The van der Waals surface area contributed by atoms with Gasteiger partial charge in [0.25, 0.3) is 0 Å². The fourth-order valence-corrected chi connectivity index (χ4v) is 3.00. The number of rotatable bonds is 2. The first-order chi connectivity index (χ1) is 10.5. The maximum atomic E-state index is 13.9. The Kier molecular flexibility index (Phi) is 3.93. The summed E-state index contributed by atoms with van der Waals surface area (Å²) in [6, 6.07) is 4.13. The molecule has 7 heteroatoms. The summed E-state index contributed by atoms with van der Waals surface area (Å²) >= 11 is 11.8.